The zero-order chi connectivity index (χ0) is 21.3. The predicted molar refractivity (Wildman–Crippen MR) is 109 cm³/mol. The van der Waals surface area contributed by atoms with Crippen LogP contribution < -0.4 is 10.2 Å². The number of amides is 2. The van der Waals surface area contributed by atoms with Gasteiger partial charge in [-0.15, -0.1) is 11.3 Å². The fraction of sp³-hybridized carbons (Fsp3) is 0.286. The van der Waals surface area contributed by atoms with Gasteiger partial charge in [-0.25, -0.2) is 4.98 Å². The third-order valence-electron chi connectivity index (χ3n) is 5.19. The second-order valence-corrected chi connectivity index (χ2v) is 8.10. The van der Waals surface area contributed by atoms with Crippen molar-refractivity contribution in [2.24, 2.45) is 5.92 Å². The molecule has 2 amide bonds. The summed E-state index contributed by atoms with van der Waals surface area (Å²) in [6.45, 7) is -0.905. The summed E-state index contributed by atoms with van der Waals surface area (Å²) in [4.78, 5) is 32.3. The minimum atomic E-state index is -2.73. The maximum absolute atomic E-state index is 13.0. The Labute approximate surface area is 176 Å². The van der Waals surface area contributed by atoms with E-state index in [9.17, 15) is 18.4 Å². The van der Waals surface area contributed by atoms with Crippen LogP contribution in [-0.4, -0.2) is 21.4 Å². The molecule has 1 saturated heterocycles. The summed E-state index contributed by atoms with van der Waals surface area (Å²) in [5, 5.41) is 4.59. The van der Waals surface area contributed by atoms with Gasteiger partial charge in [-0.1, -0.05) is 23.8 Å². The third-order valence-corrected chi connectivity index (χ3v) is 6.13. The number of hydrogen-bond acceptors (Lipinski definition) is 4. The molecule has 2 unspecified atom stereocenters. The molecular formula is C21H20F2N4O2S. The smallest absolute Gasteiger partial charge is 0.319 e. The number of aryl methyl sites for hydroxylation is 1. The number of aromatic nitrogens is 2. The van der Waals surface area contributed by atoms with Crippen LogP contribution in [0, 0.1) is 12.8 Å². The molecule has 1 aliphatic heterocycles. The Balaban J connectivity index is 1.58. The molecule has 1 aliphatic rings. The first-order valence-electron chi connectivity index (χ1n) is 9.45. The number of benzene rings is 1. The lowest BCUT2D eigenvalue weighted by molar-refractivity contribution is -0.127. The zero-order valence-corrected chi connectivity index (χ0v) is 17.0. The first-order chi connectivity index (χ1) is 14.5. The Morgan fingerprint density at radius 2 is 2.07 bits per heavy atom. The van der Waals surface area contributed by atoms with Crippen molar-refractivity contribution in [3.8, 4) is 0 Å². The number of thiophene rings is 1. The highest BCUT2D eigenvalue weighted by Gasteiger charge is 2.45. The van der Waals surface area contributed by atoms with Crippen LogP contribution in [0.2, 0.25) is 0 Å². The molecule has 0 aliphatic carbocycles. The van der Waals surface area contributed by atoms with Gasteiger partial charge < -0.3 is 10.2 Å². The van der Waals surface area contributed by atoms with E-state index in [0.717, 1.165) is 16.1 Å². The SMILES string of the molecule is Cc1ccc(N2C(=O)CC(C(=O)NCc3nccn3C(F)F)C2c2cccs2)cc1. The number of hydrogen-bond donors (Lipinski definition) is 1. The quantitative estimate of drug-likeness (QED) is 0.641. The van der Waals surface area contributed by atoms with Crippen LogP contribution in [0.15, 0.2) is 54.2 Å². The molecule has 1 N–H and O–H groups in total. The molecule has 4 rings (SSSR count). The molecule has 6 nitrogen and oxygen atoms in total. The Kier molecular flexibility index (Phi) is 5.63. The number of alkyl halides is 2. The van der Waals surface area contributed by atoms with Gasteiger partial charge in [-0.3, -0.25) is 14.2 Å². The highest BCUT2D eigenvalue weighted by Crippen LogP contribution is 2.43. The fourth-order valence-corrected chi connectivity index (χ4v) is 4.60. The van der Waals surface area contributed by atoms with Crippen molar-refractivity contribution in [1.29, 1.82) is 0 Å². The van der Waals surface area contributed by atoms with Crippen LogP contribution in [0.5, 0.6) is 0 Å². The number of nitrogens with zero attached hydrogens (tertiary/aromatic N) is 3. The standard InChI is InChI=1S/C21H20F2N4O2S/c1-13-4-6-14(7-5-13)27-18(28)11-15(19(27)16-3-2-10-30-16)20(29)25-12-17-24-8-9-26(17)21(22)23/h2-10,15,19,21H,11-12H2,1H3,(H,25,29). The first-order valence-corrected chi connectivity index (χ1v) is 10.3. The van der Waals surface area contributed by atoms with Gasteiger partial charge in [0.1, 0.15) is 5.82 Å². The molecule has 0 saturated carbocycles. The molecule has 3 heterocycles. The Morgan fingerprint density at radius 3 is 2.73 bits per heavy atom. The van der Waals surface area contributed by atoms with Crippen LogP contribution in [0.1, 0.15) is 35.3 Å². The van der Waals surface area contributed by atoms with Gasteiger partial charge in [-0.2, -0.15) is 8.78 Å². The second-order valence-electron chi connectivity index (χ2n) is 7.12. The normalized spacial score (nSPS) is 18.9. The van der Waals surface area contributed by atoms with Gasteiger partial charge in [0.25, 0.3) is 0 Å². The van der Waals surface area contributed by atoms with E-state index in [-0.39, 0.29) is 30.6 Å². The van der Waals surface area contributed by atoms with E-state index in [1.165, 1.54) is 23.7 Å². The number of nitrogens with one attached hydrogen (secondary N) is 1. The molecule has 1 aromatic carbocycles. The molecule has 156 valence electrons. The number of anilines is 1. The van der Waals surface area contributed by atoms with Gasteiger partial charge in [-0.05, 0) is 30.5 Å². The van der Waals surface area contributed by atoms with Crippen LogP contribution in [0.4, 0.5) is 14.5 Å². The average Bonchev–Trinajstić information content (AvgIpc) is 3.46. The van der Waals surface area contributed by atoms with Crippen molar-refractivity contribution in [2.45, 2.75) is 32.5 Å². The lowest BCUT2D eigenvalue weighted by Gasteiger charge is -2.27. The number of carbonyl (C=O) groups excluding carboxylic acids is 2. The minimum absolute atomic E-state index is 0.0472. The summed E-state index contributed by atoms with van der Waals surface area (Å²) in [6.07, 6.45) is 2.48. The van der Waals surface area contributed by atoms with E-state index in [4.69, 9.17) is 0 Å². The summed E-state index contributed by atoms with van der Waals surface area (Å²) >= 11 is 1.48. The third kappa shape index (κ3) is 3.85. The molecule has 0 spiro atoms. The van der Waals surface area contributed by atoms with Crippen LogP contribution in [0.25, 0.3) is 0 Å². The highest BCUT2D eigenvalue weighted by atomic mass is 32.1. The Bertz CT molecular complexity index is 1030. The molecule has 3 aromatic rings. The van der Waals surface area contributed by atoms with Gasteiger partial charge in [0.2, 0.25) is 11.8 Å². The lowest BCUT2D eigenvalue weighted by atomic mass is 9.97. The van der Waals surface area contributed by atoms with E-state index >= 15 is 0 Å². The number of halogens is 2. The topological polar surface area (TPSA) is 67.2 Å². The largest absolute Gasteiger partial charge is 0.349 e. The van der Waals surface area contributed by atoms with Crippen molar-refractivity contribution < 1.29 is 18.4 Å². The predicted octanol–water partition coefficient (Wildman–Crippen LogP) is 4.06. The molecule has 0 radical (unpaired) electrons. The molecular weight excluding hydrogens is 410 g/mol. The van der Waals surface area contributed by atoms with Gasteiger partial charge >= 0.3 is 6.55 Å². The number of carbonyl (C=O) groups is 2. The van der Waals surface area contributed by atoms with E-state index in [2.05, 4.69) is 10.3 Å². The van der Waals surface area contributed by atoms with Crippen LogP contribution in [0.3, 0.4) is 0 Å². The van der Waals surface area contributed by atoms with Crippen molar-refractivity contribution in [2.75, 3.05) is 4.90 Å². The van der Waals surface area contributed by atoms with E-state index < -0.39 is 18.5 Å². The van der Waals surface area contributed by atoms with E-state index in [0.29, 0.717) is 4.57 Å². The molecule has 1 fully saturated rings. The monoisotopic (exact) mass is 430 g/mol. The number of imidazole rings is 1. The van der Waals surface area contributed by atoms with Crippen LogP contribution >= 0.6 is 11.3 Å². The molecule has 30 heavy (non-hydrogen) atoms. The minimum Gasteiger partial charge on any atom is -0.349 e. The van der Waals surface area contributed by atoms with Gasteiger partial charge in [0.05, 0.1) is 18.5 Å². The van der Waals surface area contributed by atoms with E-state index in [1.54, 1.807) is 4.90 Å². The Hall–Kier alpha value is -3.07. The molecule has 2 aromatic heterocycles. The maximum atomic E-state index is 13.0. The summed E-state index contributed by atoms with van der Waals surface area (Å²) in [7, 11) is 0. The highest BCUT2D eigenvalue weighted by molar-refractivity contribution is 7.10. The van der Waals surface area contributed by atoms with Crippen molar-refractivity contribution in [3.05, 3.63) is 70.4 Å². The van der Waals surface area contributed by atoms with Crippen molar-refractivity contribution in [3.63, 3.8) is 0 Å². The lowest BCUT2D eigenvalue weighted by Crippen LogP contribution is -2.35. The maximum Gasteiger partial charge on any atom is 0.319 e. The second kappa shape index (κ2) is 8.35. The van der Waals surface area contributed by atoms with Crippen molar-refractivity contribution >= 4 is 28.8 Å². The summed E-state index contributed by atoms with van der Waals surface area (Å²) in [6, 6.07) is 10.9. The average molecular weight is 430 g/mol. The summed E-state index contributed by atoms with van der Waals surface area (Å²) < 4.78 is 26.7. The van der Waals surface area contributed by atoms with Crippen LogP contribution in [-0.2, 0) is 16.1 Å². The van der Waals surface area contributed by atoms with E-state index in [1.807, 2.05) is 48.7 Å². The van der Waals surface area contributed by atoms with Gasteiger partial charge in [0, 0.05) is 29.4 Å². The first kappa shape index (κ1) is 20.2. The molecule has 0 bridgehead atoms. The Morgan fingerprint density at radius 1 is 1.30 bits per heavy atom. The zero-order valence-electron chi connectivity index (χ0n) is 16.2. The fourth-order valence-electron chi connectivity index (χ4n) is 3.72. The summed E-state index contributed by atoms with van der Waals surface area (Å²) in [5.41, 5.74) is 1.80. The summed E-state index contributed by atoms with van der Waals surface area (Å²) in [5.74, 6) is -1.08. The number of rotatable bonds is 6. The molecule has 9 heteroatoms. The van der Waals surface area contributed by atoms with Crippen molar-refractivity contribution in [1.82, 2.24) is 14.9 Å². The van der Waals surface area contributed by atoms with Gasteiger partial charge in [0.15, 0.2) is 0 Å². The molecule has 2 atom stereocenters.